The lowest BCUT2D eigenvalue weighted by atomic mass is 10.0. The molecule has 1 aromatic heterocycles. The second-order valence-electron chi connectivity index (χ2n) is 3.57. The van der Waals surface area contributed by atoms with Crippen LogP contribution in [0.2, 0.25) is 0 Å². The Morgan fingerprint density at radius 3 is 3.36 bits per heavy atom. The van der Waals surface area contributed by atoms with Crippen LogP contribution in [0.3, 0.4) is 0 Å². The summed E-state index contributed by atoms with van der Waals surface area (Å²) in [6, 6.07) is 3.98. The lowest BCUT2D eigenvalue weighted by Gasteiger charge is -2.24. The standard InChI is InChI=1S/C11H15NO2/c1-2-14-11(13)10-7-3-5-9-6-4-8-12(9)10/h4,6,8,10H,2-3,5,7H2,1H3/t10-/m0/s1. The van der Waals surface area contributed by atoms with Gasteiger partial charge < -0.3 is 9.30 Å². The van der Waals surface area contributed by atoms with Crippen molar-refractivity contribution in [2.24, 2.45) is 0 Å². The van der Waals surface area contributed by atoms with Gasteiger partial charge in [0, 0.05) is 11.9 Å². The molecule has 0 amide bonds. The van der Waals surface area contributed by atoms with Crippen molar-refractivity contribution in [3.63, 3.8) is 0 Å². The summed E-state index contributed by atoms with van der Waals surface area (Å²) in [6.45, 7) is 2.31. The van der Waals surface area contributed by atoms with E-state index >= 15 is 0 Å². The molecule has 1 atom stereocenters. The first-order valence-corrected chi connectivity index (χ1v) is 5.15. The Balaban J connectivity index is 2.19. The molecule has 3 heteroatoms. The number of esters is 1. The minimum absolute atomic E-state index is 0.0892. The van der Waals surface area contributed by atoms with Crippen molar-refractivity contribution in [1.29, 1.82) is 0 Å². The Labute approximate surface area is 83.7 Å². The monoisotopic (exact) mass is 193 g/mol. The van der Waals surface area contributed by atoms with Crippen molar-refractivity contribution < 1.29 is 9.53 Å². The second-order valence-corrected chi connectivity index (χ2v) is 3.57. The van der Waals surface area contributed by atoms with Gasteiger partial charge in [-0.3, -0.25) is 0 Å². The fourth-order valence-electron chi connectivity index (χ4n) is 2.03. The van der Waals surface area contributed by atoms with Crippen LogP contribution in [-0.4, -0.2) is 17.1 Å². The van der Waals surface area contributed by atoms with Crippen LogP contribution in [0.5, 0.6) is 0 Å². The Hall–Kier alpha value is -1.25. The molecule has 0 radical (unpaired) electrons. The van der Waals surface area contributed by atoms with Crippen LogP contribution in [-0.2, 0) is 16.0 Å². The average Bonchev–Trinajstić information content (AvgIpc) is 2.65. The highest BCUT2D eigenvalue weighted by Gasteiger charge is 2.25. The van der Waals surface area contributed by atoms with E-state index in [1.165, 1.54) is 5.69 Å². The van der Waals surface area contributed by atoms with Crippen molar-refractivity contribution in [3.05, 3.63) is 24.0 Å². The largest absolute Gasteiger partial charge is 0.464 e. The number of aromatic nitrogens is 1. The zero-order valence-corrected chi connectivity index (χ0v) is 8.40. The normalized spacial score (nSPS) is 20.2. The van der Waals surface area contributed by atoms with E-state index in [9.17, 15) is 4.79 Å². The average molecular weight is 193 g/mol. The molecule has 2 rings (SSSR count). The van der Waals surface area contributed by atoms with Gasteiger partial charge in [0.15, 0.2) is 0 Å². The van der Waals surface area contributed by atoms with Gasteiger partial charge in [-0.25, -0.2) is 4.79 Å². The molecule has 0 spiro atoms. The SMILES string of the molecule is CCOC(=O)[C@@H]1CCCc2cccn21. The fourth-order valence-corrected chi connectivity index (χ4v) is 2.03. The maximum absolute atomic E-state index is 11.6. The van der Waals surface area contributed by atoms with Gasteiger partial charge in [0.2, 0.25) is 0 Å². The molecule has 0 saturated carbocycles. The molecule has 0 fully saturated rings. The Morgan fingerprint density at radius 2 is 2.57 bits per heavy atom. The maximum Gasteiger partial charge on any atom is 0.329 e. The van der Waals surface area contributed by atoms with Gasteiger partial charge in [-0.05, 0) is 38.3 Å². The molecule has 1 aromatic rings. The Kier molecular flexibility index (Phi) is 2.57. The summed E-state index contributed by atoms with van der Waals surface area (Å²) in [7, 11) is 0. The second kappa shape index (κ2) is 3.86. The summed E-state index contributed by atoms with van der Waals surface area (Å²) in [6.07, 6.45) is 5.02. The van der Waals surface area contributed by atoms with Crippen LogP contribution in [0, 0.1) is 0 Å². The van der Waals surface area contributed by atoms with Gasteiger partial charge in [0.05, 0.1) is 6.61 Å². The van der Waals surface area contributed by atoms with Gasteiger partial charge in [-0.2, -0.15) is 0 Å². The highest BCUT2D eigenvalue weighted by atomic mass is 16.5. The zero-order chi connectivity index (χ0) is 9.97. The number of rotatable bonds is 2. The van der Waals surface area contributed by atoms with Crippen LogP contribution >= 0.6 is 0 Å². The zero-order valence-electron chi connectivity index (χ0n) is 8.40. The van der Waals surface area contributed by atoms with Crippen LogP contribution in [0.15, 0.2) is 18.3 Å². The van der Waals surface area contributed by atoms with Gasteiger partial charge in [-0.15, -0.1) is 0 Å². The Morgan fingerprint density at radius 1 is 1.71 bits per heavy atom. The maximum atomic E-state index is 11.6. The summed E-state index contributed by atoms with van der Waals surface area (Å²) in [5.41, 5.74) is 1.24. The van der Waals surface area contributed by atoms with Gasteiger partial charge in [0.1, 0.15) is 6.04 Å². The van der Waals surface area contributed by atoms with Crippen LogP contribution in [0.4, 0.5) is 0 Å². The van der Waals surface area contributed by atoms with E-state index in [-0.39, 0.29) is 12.0 Å². The summed E-state index contributed by atoms with van der Waals surface area (Å²) in [5.74, 6) is -0.0929. The van der Waals surface area contributed by atoms with Crippen molar-refractivity contribution in [2.45, 2.75) is 32.2 Å². The van der Waals surface area contributed by atoms with E-state index < -0.39 is 0 Å². The number of fused-ring (bicyclic) bond motifs is 1. The molecular formula is C11H15NO2. The number of nitrogens with zero attached hydrogens (tertiary/aromatic N) is 1. The number of carbonyl (C=O) groups is 1. The minimum Gasteiger partial charge on any atom is -0.464 e. The molecular weight excluding hydrogens is 178 g/mol. The van der Waals surface area contributed by atoms with Crippen LogP contribution in [0.1, 0.15) is 31.5 Å². The number of hydrogen-bond acceptors (Lipinski definition) is 2. The summed E-state index contributed by atoms with van der Waals surface area (Å²) in [4.78, 5) is 11.6. The highest BCUT2D eigenvalue weighted by molar-refractivity contribution is 5.74. The third kappa shape index (κ3) is 1.54. The number of ether oxygens (including phenoxy) is 1. The molecule has 0 aliphatic carbocycles. The number of aryl methyl sites for hydroxylation is 1. The van der Waals surface area contributed by atoms with Crippen molar-refractivity contribution in [1.82, 2.24) is 4.57 Å². The van der Waals surface area contributed by atoms with E-state index in [0.29, 0.717) is 6.61 Å². The van der Waals surface area contributed by atoms with Crippen molar-refractivity contribution >= 4 is 5.97 Å². The first kappa shape index (κ1) is 9.31. The summed E-state index contributed by atoms with van der Waals surface area (Å²) in [5, 5.41) is 0. The van der Waals surface area contributed by atoms with Crippen molar-refractivity contribution in [3.8, 4) is 0 Å². The summed E-state index contributed by atoms with van der Waals surface area (Å²) >= 11 is 0. The Bertz CT molecular complexity index is 330. The third-order valence-corrected chi connectivity index (χ3v) is 2.67. The third-order valence-electron chi connectivity index (χ3n) is 2.67. The van der Waals surface area contributed by atoms with E-state index in [1.54, 1.807) is 0 Å². The van der Waals surface area contributed by atoms with E-state index in [2.05, 4.69) is 6.07 Å². The molecule has 0 aromatic carbocycles. The first-order chi connectivity index (χ1) is 6.83. The predicted octanol–water partition coefficient (Wildman–Crippen LogP) is 1.93. The van der Waals surface area contributed by atoms with Gasteiger partial charge in [0.25, 0.3) is 0 Å². The molecule has 0 saturated heterocycles. The molecule has 0 bridgehead atoms. The number of hydrogen-bond donors (Lipinski definition) is 0. The first-order valence-electron chi connectivity index (χ1n) is 5.15. The molecule has 3 nitrogen and oxygen atoms in total. The highest BCUT2D eigenvalue weighted by Crippen LogP contribution is 2.25. The topological polar surface area (TPSA) is 31.2 Å². The predicted molar refractivity (Wildman–Crippen MR) is 53.0 cm³/mol. The lowest BCUT2D eigenvalue weighted by Crippen LogP contribution is -2.26. The molecule has 1 aliphatic heterocycles. The molecule has 14 heavy (non-hydrogen) atoms. The molecule has 2 heterocycles. The van der Waals surface area contributed by atoms with Crippen molar-refractivity contribution in [2.75, 3.05) is 6.61 Å². The smallest absolute Gasteiger partial charge is 0.329 e. The van der Waals surface area contributed by atoms with E-state index in [1.807, 2.05) is 23.8 Å². The molecule has 0 N–H and O–H groups in total. The van der Waals surface area contributed by atoms with E-state index in [4.69, 9.17) is 4.74 Å². The van der Waals surface area contributed by atoms with E-state index in [0.717, 1.165) is 19.3 Å². The van der Waals surface area contributed by atoms with Gasteiger partial charge >= 0.3 is 5.97 Å². The number of carbonyl (C=O) groups excluding carboxylic acids is 1. The van der Waals surface area contributed by atoms with Crippen LogP contribution < -0.4 is 0 Å². The lowest BCUT2D eigenvalue weighted by molar-refractivity contribution is -0.147. The van der Waals surface area contributed by atoms with Gasteiger partial charge in [-0.1, -0.05) is 0 Å². The molecule has 0 unspecified atom stereocenters. The van der Waals surface area contributed by atoms with Crippen LogP contribution in [0.25, 0.3) is 0 Å². The fraction of sp³-hybridized carbons (Fsp3) is 0.545. The summed E-state index contributed by atoms with van der Waals surface area (Å²) < 4.78 is 7.09. The quantitative estimate of drug-likeness (QED) is 0.672. The minimum atomic E-state index is -0.0929. The molecule has 1 aliphatic rings. The molecule has 76 valence electrons.